The highest BCUT2D eigenvalue weighted by molar-refractivity contribution is 8.04. The molecule has 1 amide bonds. The number of imidazole rings is 1. The summed E-state index contributed by atoms with van der Waals surface area (Å²) in [5, 5.41) is 6.54. The molecule has 3 N–H and O–H groups in total. The van der Waals surface area contributed by atoms with E-state index in [2.05, 4.69) is 30.6 Å². The van der Waals surface area contributed by atoms with Crippen LogP contribution in [0.4, 0.5) is 5.82 Å². The van der Waals surface area contributed by atoms with Crippen molar-refractivity contribution in [2.45, 2.75) is 25.3 Å². The van der Waals surface area contributed by atoms with Crippen LogP contribution in [0.15, 0.2) is 23.8 Å². The smallest absolute Gasteiger partial charge is 0.259 e. The van der Waals surface area contributed by atoms with Crippen LogP contribution in [0.1, 0.15) is 19.3 Å². The molecule has 0 aliphatic carbocycles. The van der Waals surface area contributed by atoms with E-state index < -0.39 is 0 Å². The lowest BCUT2D eigenvalue weighted by molar-refractivity contribution is -0.117. The van der Waals surface area contributed by atoms with Crippen molar-refractivity contribution in [1.82, 2.24) is 30.6 Å². The summed E-state index contributed by atoms with van der Waals surface area (Å²) in [7, 11) is 0. The van der Waals surface area contributed by atoms with Crippen molar-refractivity contribution in [3.8, 4) is 0 Å². The molecular formula is C16H21N7OS. The van der Waals surface area contributed by atoms with E-state index >= 15 is 0 Å². The molecule has 2 aliphatic heterocycles. The van der Waals surface area contributed by atoms with Gasteiger partial charge in [-0.3, -0.25) is 4.79 Å². The minimum absolute atomic E-state index is 0.00156. The fraction of sp³-hybridized carbons (Fsp3) is 0.500. The quantitative estimate of drug-likeness (QED) is 0.752. The lowest BCUT2D eigenvalue weighted by Gasteiger charge is -2.26. The Morgan fingerprint density at radius 2 is 2.28 bits per heavy atom. The predicted molar refractivity (Wildman–Crippen MR) is 98.2 cm³/mol. The van der Waals surface area contributed by atoms with Crippen molar-refractivity contribution in [3.05, 3.63) is 23.8 Å². The maximum absolute atomic E-state index is 12.7. The van der Waals surface area contributed by atoms with Gasteiger partial charge in [-0.15, -0.1) is 11.8 Å². The molecular weight excluding hydrogens is 338 g/mol. The van der Waals surface area contributed by atoms with Crippen LogP contribution in [-0.4, -0.2) is 57.3 Å². The summed E-state index contributed by atoms with van der Waals surface area (Å²) in [6, 6.07) is 0.199. The number of hydrogen-bond acceptors (Lipinski definition) is 7. The predicted octanol–water partition coefficient (Wildman–Crippen LogP) is 1.01. The number of nitrogens with one attached hydrogen (secondary N) is 3. The van der Waals surface area contributed by atoms with Gasteiger partial charge >= 0.3 is 0 Å². The molecule has 4 rings (SSSR count). The molecule has 0 saturated carbocycles. The number of H-pyrrole nitrogens is 1. The van der Waals surface area contributed by atoms with Gasteiger partial charge in [0.25, 0.3) is 5.91 Å². The molecule has 0 unspecified atom stereocenters. The number of carbonyl (C=O) groups is 1. The van der Waals surface area contributed by atoms with E-state index in [1.807, 2.05) is 11.1 Å². The van der Waals surface area contributed by atoms with Crippen LogP contribution in [0, 0.1) is 0 Å². The summed E-state index contributed by atoms with van der Waals surface area (Å²) < 4.78 is 0. The highest BCUT2D eigenvalue weighted by atomic mass is 32.2. The van der Waals surface area contributed by atoms with Gasteiger partial charge < -0.3 is 20.5 Å². The Bertz CT molecular complexity index is 782. The Morgan fingerprint density at radius 1 is 1.32 bits per heavy atom. The van der Waals surface area contributed by atoms with Crippen LogP contribution < -0.4 is 15.5 Å². The topological polar surface area (TPSA) is 98.8 Å². The summed E-state index contributed by atoms with van der Waals surface area (Å²) in [5.41, 5.74) is 1.42. The summed E-state index contributed by atoms with van der Waals surface area (Å²) in [5.74, 6) is 1.59. The van der Waals surface area contributed by atoms with Crippen molar-refractivity contribution in [2.24, 2.45) is 0 Å². The zero-order valence-electron chi connectivity index (χ0n) is 13.9. The van der Waals surface area contributed by atoms with Crippen LogP contribution >= 0.6 is 11.8 Å². The maximum atomic E-state index is 12.7. The summed E-state index contributed by atoms with van der Waals surface area (Å²) in [6.07, 6.45) is 8.35. The number of fused-ring (bicyclic) bond motifs is 1. The Hall–Kier alpha value is -2.13. The summed E-state index contributed by atoms with van der Waals surface area (Å²) in [6.45, 7) is 2.66. The van der Waals surface area contributed by atoms with Crippen LogP contribution in [0.25, 0.3) is 11.2 Å². The molecule has 0 radical (unpaired) electrons. The SMILES string of the molecule is O=C(N[C@H]1CCCCNC1)C1=CN(c2ncnc3nc[nH]c23)CCS1. The van der Waals surface area contributed by atoms with E-state index in [1.165, 1.54) is 12.7 Å². The first-order valence-corrected chi connectivity index (χ1v) is 9.57. The van der Waals surface area contributed by atoms with E-state index in [1.54, 1.807) is 18.1 Å². The molecule has 9 heteroatoms. The third kappa shape index (κ3) is 3.62. The van der Waals surface area contributed by atoms with Crippen molar-refractivity contribution in [1.29, 1.82) is 0 Å². The minimum Gasteiger partial charge on any atom is -0.348 e. The Balaban J connectivity index is 1.52. The largest absolute Gasteiger partial charge is 0.348 e. The van der Waals surface area contributed by atoms with E-state index in [4.69, 9.17) is 0 Å². The number of amides is 1. The molecule has 2 aliphatic rings. The zero-order chi connectivity index (χ0) is 17.1. The van der Waals surface area contributed by atoms with Gasteiger partial charge in [-0.2, -0.15) is 0 Å². The van der Waals surface area contributed by atoms with E-state index in [0.717, 1.165) is 54.5 Å². The molecule has 1 saturated heterocycles. The normalized spacial score (nSPS) is 21.7. The van der Waals surface area contributed by atoms with Crippen LogP contribution in [0.2, 0.25) is 0 Å². The van der Waals surface area contributed by atoms with Crippen LogP contribution in [0.3, 0.4) is 0 Å². The van der Waals surface area contributed by atoms with Gasteiger partial charge in [-0.05, 0) is 19.4 Å². The molecule has 1 atom stereocenters. The number of rotatable bonds is 3. The molecule has 2 aromatic rings. The fourth-order valence-corrected chi connectivity index (χ4v) is 4.06. The lowest BCUT2D eigenvalue weighted by atomic mass is 10.1. The minimum atomic E-state index is -0.00156. The number of thioether (sulfide) groups is 1. The second kappa shape index (κ2) is 7.40. The second-order valence-corrected chi connectivity index (χ2v) is 7.34. The fourth-order valence-electron chi connectivity index (χ4n) is 3.16. The van der Waals surface area contributed by atoms with Gasteiger partial charge in [-0.1, -0.05) is 6.42 Å². The van der Waals surface area contributed by atoms with Gasteiger partial charge in [0.05, 0.1) is 11.2 Å². The molecule has 0 bridgehead atoms. The Morgan fingerprint density at radius 3 is 3.24 bits per heavy atom. The van der Waals surface area contributed by atoms with Crippen molar-refractivity contribution >= 4 is 34.7 Å². The summed E-state index contributed by atoms with van der Waals surface area (Å²) in [4.78, 5) is 31.2. The van der Waals surface area contributed by atoms with Gasteiger partial charge in [0, 0.05) is 31.1 Å². The number of aromatic nitrogens is 4. The summed E-state index contributed by atoms with van der Waals surface area (Å²) >= 11 is 1.59. The van der Waals surface area contributed by atoms with Crippen LogP contribution in [0.5, 0.6) is 0 Å². The number of carbonyl (C=O) groups excluding carboxylic acids is 1. The number of hydrogen-bond donors (Lipinski definition) is 3. The van der Waals surface area contributed by atoms with Gasteiger partial charge in [-0.25, -0.2) is 15.0 Å². The average Bonchev–Trinajstić information content (AvgIpc) is 2.99. The average molecular weight is 359 g/mol. The van der Waals surface area contributed by atoms with E-state index in [9.17, 15) is 4.79 Å². The van der Waals surface area contributed by atoms with Crippen molar-refractivity contribution < 1.29 is 4.79 Å². The van der Waals surface area contributed by atoms with Crippen molar-refractivity contribution in [2.75, 3.05) is 30.3 Å². The van der Waals surface area contributed by atoms with Crippen LogP contribution in [-0.2, 0) is 4.79 Å². The molecule has 25 heavy (non-hydrogen) atoms. The first kappa shape index (κ1) is 16.3. The maximum Gasteiger partial charge on any atom is 0.259 e. The van der Waals surface area contributed by atoms with E-state index in [-0.39, 0.29) is 11.9 Å². The first-order valence-electron chi connectivity index (χ1n) is 8.58. The van der Waals surface area contributed by atoms with Gasteiger partial charge in [0.15, 0.2) is 11.5 Å². The highest BCUT2D eigenvalue weighted by Gasteiger charge is 2.23. The van der Waals surface area contributed by atoms with E-state index in [0.29, 0.717) is 5.65 Å². The molecule has 2 aromatic heterocycles. The second-order valence-electron chi connectivity index (χ2n) is 6.20. The molecule has 1 fully saturated rings. The molecule has 0 spiro atoms. The first-order chi connectivity index (χ1) is 12.3. The molecule has 132 valence electrons. The Labute approximate surface area is 149 Å². The lowest BCUT2D eigenvalue weighted by Crippen LogP contribution is -2.42. The standard InChI is InChI=1S/C16H21N7OS/c24-16(22-11-3-1-2-4-17-7-11)12-8-23(5-6-25-12)15-13-14(19-9-18-13)20-10-21-15/h8-11,17H,1-7H2,(H,22,24)(H,18,19,20,21)/t11-/m0/s1. The van der Waals surface area contributed by atoms with Crippen molar-refractivity contribution in [3.63, 3.8) is 0 Å². The highest BCUT2D eigenvalue weighted by Crippen LogP contribution is 2.28. The number of anilines is 1. The van der Waals surface area contributed by atoms with Gasteiger partial charge in [0.2, 0.25) is 0 Å². The van der Waals surface area contributed by atoms with Gasteiger partial charge in [0.1, 0.15) is 11.8 Å². The third-order valence-electron chi connectivity index (χ3n) is 4.44. The Kier molecular flexibility index (Phi) is 4.84. The number of nitrogens with zero attached hydrogens (tertiary/aromatic N) is 4. The molecule has 8 nitrogen and oxygen atoms in total. The number of aromatic amines is 1. The zero-order valence-corrected chi connectivity index (χ0v) is 14.7. The third-order valence-corrected chi connectivity index (χ3v) is 5.43. The molecule has 4 heterocycles. The molecule has 0 aromatic carbocycles. The monoisotopic (exact) mass is 359 g/mol.